The standard InChI is InChI=1S/C15H22N4O2/c1-12-13(20)17-15(5-2-3-6-15)14(21)19(12)9-4-8-18-10-7-16-11-18/h7,10-12H,2-6,8-9H2,1H3,(H,17,20). The molecule has 6 nitrogen and oxygen atoms in total. The highest BCUT2D eigenvalue weighted by molar-refractivity contribution is 5.99. The molecule has 1 aliphatic heterocycles. The highest BCUT2D eigenvalue weighted by Gasteiger charge is 2.50. The van der Waals surface area contributed by atoms with Gasteiger partial charge >= 0.3 is 0 Å². The van der Waals surface area contributed by atoms with Gasteiger partial charge in [-0.05, 0) is 26.2 Å². The van der Waals surface area contributed by atoms with E-state index in [0.29, 0.717) is 6.54 Å². The Kier molecular flexibility index (Phi) is 3.69. The molecule has 6 heteroatoms. The van der Waals surface area contributed by atoms with Crippen molar-refractivity contribution in [3.05, 3.63) is 18.7 Å². The number of hydrogen-bond donors (Lipinski definition) is 1. The van der Waals surface area contributed by atoms with E-state index >= 15 is 0 Å². The molecule has 3 rings (SSSR count). The van der Waals surface area contributed by atoms with Crippen molar-refractivity contribution in [3.8, 4) is 0 Å². The minimum absolute atomic E-state index is 0.0147. The van der Waals surface area contributed by atoms with Crippen LogP contribution in [0.5, 0.6) is 0 Å². The van der Waals surface area contributed by atoms with Crippen LogP contribution in [0, 0.1) is 0 Å². The third kappa shape index (κ3) is 2.54. The number of carbonyl (C=O) groups is 2. The zero-order valence-electron chi connectivity index (χ0n) is 12.4. The SMILES string of the molecule is CC1C(=O)NC2(CCCC2)C(=O)N1CCCn1ccnc1. The van der Waals surface area contributed by atoms with Crippen LogP contribution in [0.3, 0.4) is 0 Å². The van der Waals surface area contributed by atoms with E-state index in [4.69, 9.17) is 0 Å². The van der Waals surface area contributed by atoms with Crippen LogP contribution < -0.4 is 5.32 Å². The minimum atomic E-state index is -0.613. The number of imidazole rings is 1. The number of carbonyl (C=O) groups excluding carboxylic acids is 2. The summed E-state index contributed by atoms with van der Waals surface area (Å²) in [4.78, 5) is 30.7. The molecule has 2 fully saturated rings. The second kappa shape index (κ2) is 5.50. The van der Waals surface area contributed by atoms with Gasteiger partial charge < -0.3 is 14.8 Å². The molecule has 114 valence electrons. The fraction of sp³-hybridized carbons (Fsp3) is 0.667. The van der Waals surface area contributed by atoms with E-state index in [-0.39, 0.29) is 17.9 Å². The maximum atomic E-state index is 12.8. The number of rotatable bonds is 4. The lowest BCUT2D eigenvalue weighted by Gasteiger charge is -2.43. The number of hydrogen-bond acceptors (Lipinski definition) is 3. The van der Waals surface area contributed by atoms with Gasteiger partial charge in [0.1, 0.15) is 11.6 Å². The Morgan fingerprint density at radius 3 is 2.76 bits per heavy atom. The van der Waals surface area contributed by atoms with E-state index < -0.39 is 5.54 Å². The summed E-state index contributed by atoms with van der Waals surface area (Å²) in [5.74, 6) is 0.0943. The number of aryl methyl sites for hydroxylation is 1. The molecule has 1 spiro atoms. The fourth-order valence-corrected chi connectivity index (χ4v) is 3.44. The Balaban J connectivity index is 1.66. The van der Waals surface area contributed by atoms with Crippen molar-refractivity contribution in [2.24, 2.45) is 0 Å². The van der Waals surface area contributed by atoms with Gasteiger partial charge in [0.15, 0.2) is 0 Å². The average Bonchev–Trinajstić information content (AvgIpc) is 3.13. The molecule has 1 saturated carbocycles. The minimum Gasteiger partial charge on any atom is -0.340 e. The molecule has 2 amide bonds. The molecule has 0 radical (unpaired) electrons. The second-order valence-corrected chi connectivity index (χ2v) is 6.11. The molecule has 1 saturated heterocycles. The van der Waals surface area contributed by atoms with Gasteiger partial charge in [0.25, 0.3) is 0 Å². The molecule has 2 aliphatic rings. The summed E-state index contributed by atoms with van der Waals surface area (Å²) in [5, 5.41) is 2.98. The normalized spacial score (nSPS) is 24.6. The molecule has 2 heterocycles. The van der Waals surface area contributed by atoms with Gasteiger partial charge in [0.05, 0.1) is 6.33 Å². The van der Waals surface area contributed by atoms with Crippen LogP contribution in [0.4, 0.5) is 0 Å². The first kappa shape index (κ1) is 14.1. The van der Waals surface area contributed by atoms with Crippen molar-refractivity contribution in [2.75, 3.05) is 6.54 Å². The van der Waals surface area contributed by atoms with Gasteiger partial charge in [-0.2, -0.15) is 0 Å². The van der Waals surface area contributed by atoms with Crippen molar-refractivity contribution < 1.29 is 9.59 Å². The van der Waals surface area contributed by atoms with Crippen LogP contribution in [0.1, 0.15) is 39.0 Å². The highest BCUT2D eigenvalue weighted by Crippen LogP contribution is 2.34. The molecule has 0 aromatic carbocycles. The van der Waals surface area contributed by atoms with Crippen LogP contribution >= 0.6 is 0 Å². The molecule has 1 unspecified atom stereocenters. The first-order valence-corrected chi connectivity index (χ1v) is 7.71. The average molecular weight is 290 g/mol. The van der Waals surface area contributed by atoms with E-state index in [9.17, 15) is 9.59 Å². The topological polar surface area (TPSA) is 67.2 Å². The van der Waals surface area contributed by atoms with E-state index in [1.165, 1.54) is 0 Å². The zero-order chi connectivity index (χ0) is 14.9. The number of piperazine rings is 1. The third-order valence-corrected chi connectivity index (χ3v) is 4.71. The molecule has 1 aromatic rings. The molecule has 0 bridgehead atoms. The summed E-state index contributed by atoms with van der Waals surface area (Å²) in [6, 6.07) is -0.369. The Morgan fingerprint density at radius 1 is 1.33 bits per heavy atom. The predicted octanol–water partition coefficient (Wildman–Crippen LogP) is 0.933. The monoisotopic (exact) mass is 290 g/mol. The van der Waals surface area contributed by atoms with Crippen LogP contribution in [-0.2, 0) is 16.1 Å². The largest absolute Gasteiger partial charge is 0.340 e. The van der Waals surface area contributed by atoms with Gasteiger partial charge in [-0.15, -0.1) is 0 Å². The van der Waals surface area contributed by atoms with Crippen molar-refractivity contribution in [3.63, 3.8) is 0 Å². The fourth-order valence-electron chi connectivity index (χ4n) is 3.44. The summed E-state index contributed by atoms with van der Waals surface area (Å²) in [6.45, 7) is 3.24. The molecular weight excluding hydrogens is 268 g/mol. The van der Waals surface area contributed by atoms with E-state index in [1.54, 1.807) is 17.4 Å². The van der Waals surface area contributed by atoms with Gasteiger partial charge in [-0.1, -0.05) is 12.8 Å². The lowest BCUT2D eigenvalue weighted by atomic mass is 9.91. The molecule has 21 heavy (non-hydrogen) atoms. The lowest BCUT2D eigenvalue weighted by Crippen LogP contribution is -2.68. The summed E-state index contributed by atoms with van der Waals surface area (Å²) in [5.41, 5.74) is -0.613. The Hall–Kier alpha value is -1.85. The Labute approximate surface area is 124 Å². The van der Waals surface area contributed by atoms with E-state index in [0.717, 1.165) is 38.6 Å². The molecule has 1 N–H and O–H groups in total. The Bertz CT molecular complexity index is 520. The van der Waals surface area contributed by atoms with Crippen LogP contribution in [0.2, 0.25) is 0 Å². The van der Waals surface area contributed by atoms with Crippen LogP contribution in [0.25, 0.3) is 0 Å². The van der Waals surface area contributed by atoms with E-state index in [1.807, 2.05) is 17.7 Å². The van der Waals surface area contributed by atoms with Gasteiger partial charge in [0, 0.05) is 25.5 Å². The van der Waals surface area contributed by atoms with Gasteiger partial charge in [0.2, 0.25) is 11.8 Å². The van der Waals surface area contributed by atoms with Crippen molar-refractivity contribution in [1.82, 2.24) is 19.8 Å². The highest BCUT2D eigenvalue weighted by atomic mass is 16.2. The van der Waals surface area contributed by atoms with Crippen molar-refractivity contribution in [1.29, 1.82) is 0 Å². The zero-order valence-corrected chi connectivity index (χ0v) is 12.4. The second-order valence-electron chi connectivity index (χ2n) is 6.11. The number of aromatic nitrogens is 2. The smallest absolute Gasteiger partial charge is 0.248 e. The molecule has 1 aromatic heterocycles. The third-order valence-electron chi connectivity index (χ3n) is 4.71. The quantitative estimate of drug-likeness (QED) is 0.897. The lowest BCUT2D eigenvalue weighted by molar-refractivity contribution is -0.154. The molecular formula is C15H22N4O2. The van der Waals surface area contributed by atoms with Crippen LogP contribution in [0.15, 0.2) is 18.7 Å². The van der Waals surface area contributed by atoms with Crippen LogP contribution in [-0.4, -0.2) is 44.4 Å². The van der Waals surface area contributed by atoms with Gasteiger partial charge in [-0.3, -0.25) is 9.59 Å². The van der Waals surface area contributed by atoms with Gasteiger partial charge in [-0.25, -0.2) is 4.98 Å². The first-order valence-electron chi connectivity index (χ1n) is 7.71. The first-order chi connectivity index (χ1) is 10.1. The van der Waals surface area contributed by atoms with Crippen molar-refractivity contribution >= 4 is 11.8 Å². The summed E-state index contributed by atoms with van der Waals surface area (Å²) >= 11 is 0. The van der Waals surface area contributed by atoms with Crippen molar-refractivity contribution in [2.45, 2.75) is 57.2 Å². The number of nitrogens with one attached hydrogen (secondary N) is 1. The summed E-state index contributed by atoms with van der Waals surface area (Å²) < 4.78 is 1.99. The summed E-state index contributed by atoms with van der Waals surface area (Å²) in [7, 11) is 0. The number of amides is 2. The molecule has 1 atom stereocenters. The number of nitrogens with zero attached hydrogens (tertiary/aromatic N) is 3. The Morgan fingerprint density at radius 2 is 2.10 bits per heavy atom. The maximum Gasteiger partial charge on any atom is 0.248 e. The van der Waals surface area contributed by atoms with E-state index in [2.05, 4.69) is 10.3 Å². The summed E-state index contributed by atoms with van der Waals surface area (Å²) in [6.07, 6.45) is 9.85. The molecule has 1 aliphatic carbocycles. The predicted molar refractivity (Wildman–Crippen MR) is 77.4 cm³/mol. The maximum absolute atomic E-state index is 12.8.